The van der Waals surface area contributed by atoms with Gasteiger partial charge >= 0.3 is 0 Å². The average Bonchev–Trinajstić information content (AvgIpc) is 2.31. The molecule has 0 N–H and O–H groups in total. The summed E-state index contributed by atoms with van der Waals surface area (Å²) in [6.07, 6.45) is 16.1. The molecule has 2 nitrogen and oxygen atoms in total. The lowest BCUT2D eigenvalue weighted by Crippen LogP contribution is -1.97. The van der Waals surface area contributed by atoms with Crippen LogP contribution in [-0.4, -0.2) is 12.6 Å². The van der Waals surface area contributed by atoms with Gasteiger partial charge in [0.15, 0.2) is 6.29 Å². The monoisotopic (exact) mass is 222 g/mol. The number of hydrogen-bond donors (Lipinski definition) is 0. The van der Waals surface area contributed by atoms with E-state index in [1.165, 1.54) is 32.1 Å². The largest absolute Gasteiger partial charge is 0.291 e. The highest BCUT2D eigenvalue weighted by Crippen LogP contribution is 2.08. The summed E-state index contributed by atoms with van der Waals surface area (Å²) in [5.74, 6) is -0.391. The first-order chi connectivity index (χ1) is 7.85. The molecule has 16 heavy (non-hydrogen) atoms. The summed E-state index contributed by atoms with van der Waals surface area (Å²) in [4.78, 5) is 20.4. The van der Waals surface area contributed by atoms with Crippen LogP contribution in [0.4, 0.5) is 0 Å². The van der Waals surface area contributed by atoms with Crippen molar-refractivity contribution in [1.82, 2.24) is 0 Å². The maximum atomic E-state index is 10.4. The number of unbranched alkanes of at least 4 members (excludes halogenated alkanes) is 6. The van der Waals surface area contributed by atoms with Crippen molar-refractivity contribution in [1.29, 1.82) is 0 Å². The zero-order valence-electron chi connectivity index (χ0n) is 10.2. The van der Waals surface area contributed by atoms with Crippen LogP contribution in [0.3, 0.4) is 0 Å². The molecule has 0 fully saturated rings. The van der Waals surface area contributed by atoms with Crippen LogP contribution in [0.5, 0.6) is 0 Å². The van der Waals surface area contributed by atoms with Gasteiger partial charge in [0, 0.05) is 6.42 Å². The van der Waals surface area contributed by atoms with E-state index in [2.05, 4.69) is 6.92 Å². The molecule has 0 aromatic rings. The third kappa shape index (κ3) is 9.63. The fourth-order valence-corrected chi connectivity index (χ4v) is 1.54. The van der Waals surface area contributed by atoms with Gasteiger partial charge in [0.05, 0.1) is 5.92 Å². The normalized spacial score (nSPS) is 12.8. The standard InChI is InChI=1S/C14H22O2/c1-2-3-4-5-6-7-8-9-10-14(13-16)11-12-15/h9-10,14H,2-8,11H2,1H3. The molecule has 0 amide bonds. The van der Waals surface area contributed by atoms with Crippen molar-refractivity contribution in [2.24, 2.45) is 5.92 Å². The van der Waals surface area contributed by atoms with Crippen molar-refractivity contribution in [3.63, 3.8) is 0 Å². The van der Waals surface area contributed by atoms with Crippen molar-refractivity contribution in [2.45, 2.75) is 58.3 Å². The molecule has 90 valence electrons. The van der Waals surface area contributed by atoms with Gasteiger partial charge in [-0.25, -0.2) is 0 Å². The van der Waals surface area contributed by atoms with E-state index in [0.29, 0.717) is 0 Å². The number of allylic oxidation sites excluding steroid dienone is 2. The number of hydrogen-bond acceptors (Lipinski definition) is 2. The minimum Gasteiger partial charge on any atom is -0.291 e. The molecule has 0 aliphatic rings. The molecule has 0 bridgehead atoms. The van der Waals surface area contributed by atoms with E-state index in [9.17, 15) is 9.59 Å². The van der Waals surface area contributed by atoms with Gasteiger partial charge in [-0.3, -0.25) is 9.59 Å². The Bertz CT molecular complexity index is 197. The summed E-state index contributed by atoms with van der Waals surface area (Å²) >= 11 is 0. The molecule has 2 radical (unpaired) electrons. The summed E-state index contributed by atoms with van der Waals surface area (Å²) < 4.78 is 0. The lowest BCUT2D eigenvalue weighted by atomic mass is 10.1. The van der Waals surface area contributed by atoms with Gasteiger partial charge in [-0.2, -0.15) is 0 Å². The van der Waals surface area contributed by atoms with Gasteiger partial charge < -0.3 is 0 Å². The van der Waals surface area contributed by atoms with Crippen molar-refractivity contribution < 1.29 is 9.59 Å². The zero-order chi connectivity index (χ0) is 12.1. The lowest BCUT2D eigenvalue weighted by molar-refractivity contribution is 0.526. The first-order valence-corrected chi connectivity index (χ1v) is 6.24. The summed E-state index contributed by atoms with van der Waals surface area (Å²) in [7, 11) is 0. The molecule has 0 saturated carbocycles. The molecule has 0 aromatic carbocycles. The van der Waals surface area contributed by atoms with Gasteiger partial charge in [-0.15, -0.1) is 0 Å². The van der Waals surface area contributed by atoms with Crippen LogP contribution in [0, 0.1) is 5.92 Å². The minimum absolute atomic E-state index is 0.135. The van der Waals surface area contributed by atoms with Crippen LogP contribution in [0.15, 0.2) is 12.2 Å². The summed E-state index contributed by atoms with van der Waals surface area (Å²) in [6.45, 7) is 2.21. The van der Waals surface area contributed by atoms with Crippen LogP contribution in [-0.2, 0) is 9.59 Å². The number of rotatable bonds is 11. The maximum Gasteiger partial charge on any atom is 0.206 e. The van der Waals surface area contributed by atoms with Crippen molar-refractivity contribution in [2.75, 3.05) is 0 Å². The van der Waals surface area contributed by atoms with Gasteiger partial charge in [-0.1, -0.05) is 51.2 Å². The van der Waals surface area contributed by atoms with E-state index in [1.807, 2.05) is 12.4 Å². The van der Waals surface area contributed by atoms with Crippen LogP contribution in [0.1, 0.15) is 58.3 Å². The quantitative estimate of drug-likeness (QED) is 0.396. The van der Waals surface area contributed by atoms with Crippen LogP contribution in [0.2, 0.25) is 0 Å². The van der Waals surface area contributed by atoms with E-state index in [1.54, 1.807) is 12.4 Å². The molecule has 2 heteroatoms. The Kier molecular flexibility index (Phi) is 11.5. The highest BCUT2D eigenvalue weighted by molar-refractivity contribution is 5.64. The Labute approximate surface area is 99.1 Å². The van der Waals surface area contributed by atoms with E-state index in [4.69, 9.17) is 0 Å². The predicted molar refractivity (Wildman–Crippen MR) is 66.6 cm³/mol. The highest BCUT2D eigenvalue weighted by Gasteiger charge is 2.01. The van der Waals surface area contributed by atoms with E-state index < -0.39 is 5.92 Å². The SMILES string of the molecule is CCCCCCCCC=CC([C]=O)C[C]=O. The van der Waals surface area contributed by atoms with Crippen molar-refractivity contribution >= 4 is 12.6 Å². The number of carbonyl (C=O) groups excluding carboxylic acids is 2. The maximum absolute atomic E-state index is 10.4. The Balaban J connectivity index is 3.38. The molecule has 0 aliphatic heterocycles. The fraction of sp³-hybridized carbons (Fsp3) is 0.714. The topological polar surface area (TPSA) is 34.1 Å². The van der Waals surface area contributed by atoms with E-state index >= 15 is 0 Å². The van der Waals surface area contributed by atoms with Gasteiger partial charge in [0.25, 0.3) is 0 Å². The summed E-state index contributed by atoms with van der Waals surface area (Å²) in [6, 6.07) is 0. The van der Waals surface area contributed by atoms with Gasteiger partial charge in [0.2, 0.25) is 6.29 Å². The summed E-state index contributed by atoms with van der Waals surface area (Å²) in [5, 5.41) is 0. The lowest BCUT2D eigenvalue weighted by Gasteiger charge is -1.98. The fourth-order valence-electron chi connectivity index (χ4n) is 1.54. The molecule has 1 unspecified atom stereocenters. The molecule has 0 saturated heterocycles. The van der Waals surface area contributed by atoms with Gasteiger partial charge in [-0.05, 0) is 12.8 Å². The molecule has 1 atom stereocenters. The first-order valence-electron chi connectivity index (χ1n) is 6.24. The van der Waals surface area contributed by atoms with E-state index in [-0.39, 0.29) is 6.42 Å². The molecular weight excluding hydrogens is 200 g/mol. The minimum atomic E-state index is -0.391. The second kappa shape index (κ2) is 12.2. The average molecular weight is 222 g/mol. The van der Waals surface area contributed by atoms with Crippen molar-refractivity contribution in [3.8, 4) is 0 Å². The Morgan fingerprint density at radius 3 is 2.38 bits per heavy atom. The molecule has 0 heterocycles. The Morgan fingerprint density at radius 1 is 1.06 bits per heavy atom. The Morgan fingerprint density at radius 2 is 1.75 bits per heavy atom. The van der Waals surface area contributed by atoms with Crippen molar-refractivity contribution in [3.05, 3.63) is 12.2 Å². The second-order valence-electron chi connectivity index (χ2n) is 4.06. The summed E-state index contributed by atoms with van der Waals surface area (Å²) in [5.41, 5.74) is 0. The molecule has 0 rings (SSSR count). The molecule has 0 aliphatic carbocycles. The third-order valence-corrected chi connectivity index (χ3v) is 2.55. The molecular formula is C14H22O2. The first kappa shape index (κ1) is 15.1. The second-order valence-corrected chi connectivity index (χ2v) is 4.06. The van der Waals surface area contributed by atoms with E-state index in [0.717, 1.165) is 12.8 Å². The molecule has 0 aromatic heterocycles. The van der Waals surface area contributed by atoms with Crippen LogP contribution < -0.4 is 0 Å². The van der Waals surface area contributed by atoms with Crippen LogP contribution in [0.25, 0.3) is 0 Å². The third-order valence-electron chi connectivity index (χ3n) is 2.55. The Hall–Kier alpha value is -0.920. The van der Waals surface area contributed by atoms with Crippen LogP contribution >= 0.6 is 0 Å². The predicted octanol–water partition coefficient (Wildman–Crippen LogP) is 3.52. The smallest absolute Gasteiger partial charge is 0.206 e. The highest BCUT2D eigenvalue weighted by atomic mass is 16.1. The molecule has 0 spiro atoms. The van der Waals surface area contributed by atoms with Gasteiger partial charge in [0.1, 0.15) is 0 Å². The zero-order valence-corrected chi connectivity index (χ0v) is 10.2.